The monoisotopic (exact) mass is 450 g/mol. The minimum absolute atomic E-state index is 0.0779. The molecular weight excluding hydrogens is 424 g/mol. The van der Waals surface area contributed by atoms with E-state index in [4.69, 9.17) is 0 Å². The molecule has 0 unspecified atom stereocenters. The van der Waals surface area contributed by atoms with Gasteiger partial charge in [0, 0.05) is 11.3 Å². The molecule has 0 aromatic heterocycles. The molecule has 170 valence electrons. The Labute approximate surface area is 198 Å². The van der Waals surface area contributed by atoms with E-state index in [0.717, 1.165) is 24.1 Å². The third-order valence-corrected chi connectivity index (χ3v) is 7.94. The van der Waals surface area contributed by atoms with Crippen molar-refractivity contribution in [1.29, 1.82) is 0 Å². The maximum absolute atomic E-state index is 13.5. The van der Waals surface area contributed by atoms with Crippen LogP contribution in [0.2, 0.25) is 0 Å². The lowest BCUT2D eigenvalue weighted by molar-refractivity contribution is -0.123. The van der Waals surface area contributed by atoms with Crippen molar-refractivity contribution in [2.75, 3.05) is 10.2 Å². The first-order valence-electron chi connectivity index (χ1n) is 11.9. The van der Waals surface area contributed by atoms with Crippen molar-refractivity contribution in [1.82, 2.24) is 0 Å². The maximum atomic E-state index is 13.5. The minimum Gasteiger partial charge on any atom is -0.322 e. The summed E-state index contributed by atoms with van der Waals surface area (Å²) in [5.74, 6) is 0.000479. The molecule has 3 aliphatic rings. The molecule has 0 radical (unpaired) electrons. The summed E-state index contributed by atoms with van der Waals surface area (Å²) in [5, 5.41) is 2.88. The predicted molar refractivity (Wildman–Crippen MR) is 130 cm³/mol. The van der Waals surface area contributed by atoms with E-state index in [9.17, 15) is 14.4 Å². The zero-order chi connectivity index (χ0) is 23.4. The Bertz CT molecular complexity index is 1270. The van der Waals surface area contributed by atoms with Crippen LogP contribution in [0, 0.1) is 30.6 Å². The highest BCUT2D eigenvalue weighted by Crippen LogP contribution is 2.61. The van der Waals surface area contributed by atoms with Gasteiger partial charge in [0.1, 0.15) is 0 Å². The average Bonchev–Trinajstić information content (AvgIpc) is 3.52. The fourth-order valence-electron chi connectivity index (χ4n) is 6.40. The van der Waals surface area contributed by atoms with Crippen molar-refractivity contribution in [2.24, 2.45) is 23.7 Å². The van der Waals surface area contributed by atoms with E-state index < -0.39 is 0 Å². The van der Waals surface area contributed by atoms with Crippen LogP contribution in [0.3, 0.4) is 0 Å². The largest absolute Gasteiger partial charge is 0.322 e. The molecule has 5 atom stereocenters. The van der Waals surface area contributed by atoms with Crippen molar-refractivity contribution in [3.63, 3.8) is 0 Å². The Hall–Kier alpha value is -3.73. The van der Waals surface area contributed by atoms with Gasteiger partial charge in [-0.05, 0) is 79.5 Å². The minimum atomic E-state index is -0.235. The van der Waals surface area contributed by atoms with Gasteiger partial charge in [-0.1, -0.05) is 48.0 Å². The third-order valence-electron chi connectivity index (χ3n) is 7.94. The second-order valence-corrected chi connectivity index (χ2v) is 9.84. The molecule has 5 nitrogen and oxygen atoms in total. The highest BCUT2D eigenvalue weighted by atomic mass is 16.2. The van der Waals surface area contributed by atoms with Crippen molar-refractivity contribution in [3.05, 3.63) is 95.6 Å². The quantitative estimate of drug-likeness (QED) is 0.557. The number of rotatable bonds is 4. The first-order valence-corrected chi connectivity index (χ1v) is 11.9. The maximum Gasteiger partial charge on any atom is 0.255 e. The number of benzene rings is 3. The van der Waals surface area contributed by atoms with Gasteiger partial charge in [0.25, 0.3) is 5.91 Å². The molecule has 2 bridgehead atoms. The van der Waals surface area contributed by atoms with Gasteiger partial charge >= 0.3 is 0 Å². The lowest BCUT2D eigenvalue weighted by atomic mass is 9.73. The van der Waals surface area contributed by atoms with Crippen molar-refractivity contribution < 1.29 is 14.4 Å². The number of hydrogen-bond donors (Lipinski definition) is 1. The topological polar surface area (TPSA) is 66.5 Å². The number of amides is 3. The molecule has 3 aromatic carbocycles. The molecule has 1 N–H and O–H groups in total. The van der Waals surface area contributed by atoms with E-state index in [1.54, 1.807) is 24.3 Å². The third kappa shape index (κ3) is 3.26. The molecule has 3 fully saturated rings. The van der Waals surface area contributed by atoms with E-state index in [-0.39, 0.29) is 41.4 Å². The zero-order valence-corrected chi connectivity index (χ0v) is 19.0. The number of anilines is 2. The summed E-state index contributed by atoms with van der Waals surface area (Å²) < 4.78 is 0. The van der Waals surface area contributed by atoms with Gasteiger partial charge in [0.15, 0.2) is 0 Å². The smallest absolute Gasteiger partial charge is 0.255 e. The number of hydrogen-bond acceptors (Lipinski definition) is 3. The second-order valence-electron chi connectivity index (χ2n) is 9.84. The lowest BCUT2D eigenvalue weighted by Crippen LogP contribution is -2.33. The SMILES string of the molecule is Cc1ccc(NC(=O)c2ccc(N3C(=O)[C@H]4[C@@H]5C[C@@H]([C@@H]4C3=O)[C@@H](c3ccccc3)C5)cc2)cc1. The fraction of sp³-hybridized carbons (Fsp3) is 0.276. The van der Waals surface area contributed by atoms with Crippen LogP contribution in [0.25, 0.3) is 0 Å². The van der Waals surface area contributed by atoms with Crippen molar-refractivity contribution in [2.45, 2.75) is 25.7 Å². The molecule has 2 saturated carbocycles. The number of fused-ring (bicyclic) bond motifs is 5. The molecule has 6 rings (SSSR count). The van der Waals surface area contributed by atoms with E-state index >= 15 is 0 Å². The van der Waals surface area contributed by atoms with Crippen LogP contribution >= 0.6 is 0 Å². The van der Waals surface area contributed by atoms with Gasteiger partial charge in [-0.3, -0.25) is 19.3 Å². The van der Waals surface area contributed by atoms with Gasteiger partial charge in [-0.15, -0.1) is 0 Å². The van der Waals surface area contributed by atoms with Crippen LogP contribution in [0.4, 0.5) is 11.4 Å². The normalized spacial score (nSPS) is 27.2. The molecule has 2 aliphatic carbocycles. The fourth-order valence-corrected chi connectivity index (χ4v) is 6.40. The zero-order valence-electron chi connectivity index (χ0n) is 19.0. The Balaban J connectivity index is 1.20. The summed E-state index contributed by atoms with van der Waals surface area (Å²) in [4.78, 5) is 40.8. The van der Waals surface area contributed by atoms with Crippen LogP contribution < -0.4 is 10.2 Å². The molecule has 1 heterocycles. The molecule has 1 saturated heterocycles. The summed E-state index contributed by atoms with van der Waals surface area (Å²) in [6, 6.07) is 24.7. The molecule has 5 heteroatoms. The molecule has 1 aliphatic heterocycles. The summed E-state index contributed by atoms with van der Waals surface area (Å²) >= 11 is 0. The highest BCUT2D eigenvalue weighted by molar-refractivity contribution is 6.22. The molecular formula is C29H26N2O3. The number of imide groups is 1. The van der Waals surface area contributed by atoms with E-state index in [0.29, 0.717) is 17.2 Å². The van der Waals surface area contributed by atoms with Gasteiger partial charge in [0.05, 0.1) is 17.5 Å². The van der Waals surface area contributed by atoms with E-state index in [2.05, 4.69) is 17.4 Å². The predicted octanol–water partition coefficient (Wildman–Crippen LogP) is 5.18. The summed E-state index contributed by atoms with van der Waals surface area (Å²) in [6.45, 7) is 1.99. The number of aryl methyl sites for hydroxylation is 1. The number of carbonyl (C=O) groups is 3. The summed E-state index contributed by atoms with van der Waals surface area (Å²) in [5.41, 5.74) is 4.15. The first kappa shape index (κ1) is 20.8. The van der Waals surface area contributed by atoms with Crippen LogP contribution in [0.5, 0.6) is 0 Å². The van der Waals surface area contributed by atoms with Gasteiger partial charge in [-0.25, -0.2) is 0 Å². The van der Waals surface area contributed by atoms with Crippen LogP contribution in [0.15, 0.2) is 78.9 Å². The lowest BCUT2D eigenvalue weighted by Gasteiger charge is -2.28. The Kier molecular flexibility index (Phi) is 4.87. The number of carbonyl (C=O) groups excluding carboxylic acids is 3. The molecule has 3 amide bonds. The van der Waals surface area contributed by atoms with Crippen molar-refractivity contribution >= 4 is 29.1 Å². The Morgan fingerprint density at radius 2 is 1.50 bits per heavy atom. The van der Waals surface area contributed by atoms with Gasteiger partial charge < -0.3 is 5.32 Å². The summed E-state index contributed by atoms with van der Waals surface area (Å²) in [6.07, 6.45) is 1.93. The molecule has 0 spiro atoms. The van der Waals surface area contributed by atoms with E-state index in [1.165, 1.54) is 10.5 Å². The van der Waals surface area contributed by atoms with Gasteiger partial charge in [-0.2, -0.15) is 0 Å². The average molecular weight is 451 g/mol. The van der Waals surface area contributed by atoms with Crippen LogP contribution in [0.1, 0.15) is 40.2 Å². The van der Waals surface area contributed by atoms with Gasteiger partial charge in [0.2, 0.25) is 11.8 Å². The summed E-state index contributed by atoms with van der Waals surface area (Å²) in [7, 11) is 0. The van der Waals surface area contributed by atoms with Crippen LogP contribution in [-0.2, 0) is 9.59 Å². The first-order chi connectivity index (χ1) is 16.5. The Morgan fingerprint density at radius 3 is 2.21 bits per heavy atom. The number of nitrogens with one attached hydrogen (secondary N) is 1. The van der Waals surface area contributed by atoms with E-state index in [1.807, 2.05) is 49.4 Å². The Morgan fingerprint density at radius 1 is 0.824 bits per heavy atom. The highest BCUT2D eigenvalue weighted by Gasteiger charge is 2.64. The molecule has 3 aromatic rings. The van der Waals surface area contributed by atoms with Crippen molar-refractivity contribution in [3.8, 4) is 0 Å². The second kappa shape index (κ2) is 7.94. The molecule has 34 heavy (non-hydrogen) atoms. The number of nitrogens with zero attached hydrogens (tertiary/aromatic N) is 1. The standard InChI is InChI=1S/C29H26N2O3/c1-17-7-11-21(12-8-17)30-27(32)19-9-13-22(14-10-19)31-28(33)25-20-15-23(18-5-3-2-4-6-18)24(16-20)26(25)29(31)34/h2-14,20,23-26H,15-16H2,1H3,(H,30,32)/t20-,23+,24+,25-,26-/m0/s1. The van der Waals surface area contributed by atoms with Crippen LogP contribution in [-0.4, -0.2) is 17.7 Å².